The van der Waals surface area contributed by atoms with Gasteiger partial charge < -0.3 is 0 Å². The van der Waals surface area contributed by atoms with E-state index in [1.54, 1.807) is 0 Å². The van der Waals surface area contributed by atoms with Crippen molar-refractivity contribution < 1.29 is 4.39 Å². The van der Waals surface area contributed by atoms with Crippen LogP contribution in [0.2, 0.25) is 0 Å². The predicted octanol–water partition coefficient (Wildman–Crippen LogP) is 9.80. The largest absolute Gasteiger partial charge is 0.205 e. The van der Waals surface area contributed by atoms with Crippen LogP contribution >= 0.6 is 0 Å². The molecule has 0 amide bonds. The van der Waals surface area contributed by atoms with Gasteiger partial charge in [0.25, 0.3) is 0 Å². The molecule has 4 aromatic carbocycles. The van der Waals surface area contributed by atoms with Crippen LogP contribution in [0, 0.1) is 17.7 Å². The summed E-state index contributed by atoms with van der Waals surface area (Å²) in [4.78, 5) is 0. The second-order valence-electron chi connectivity index (χ2n) is 10.2. The molecule has 0 nitrogen and oxygen atoms in total. The molecule has 0 heterocycles. The van der Waals surface area contributed by atoms with Crippen LogP contribution in [-0.2, 0) is 25.7 Å². The summed E-state index contributed by atoms with van der Waals surface area (Å²) in [5.74, 6) is 5.96. The maximum atomic E-state index is 15.3. The van der Waals surface area contributed by atoms with E-state index in [1.807, 2.05) is 36.4 Å². The van der Waals surface area contributed by atoms with E-state index >= 15 is 4.39 Å². The van der Waals surface area contributed by atoms with Gasteiger partial charge in [-0.15, -0.1) is 0 Å². The lowest BCUT2D eigenvalue weighted by atomic mass is 9.98. The third kappa shape index (κ3) is 7.93. The molecular weight excluding hydrogens is 463 g/mol. The quantitative estimate of drug-likeness (QED) is 0.109. The first kappa shape index (κ1) is 27.4. The molecule has 0 aromatic heterocycles. The van der Waals surface area contributed by atoms with Gasteiger partial charge in [0.15, 0.2) is 0 Å². The van der Waals surface area contributed by atoms with Gasteiger partial charge in [-0.3, -0.25) is 0 Å². The normalized spacial score (nSPS) is 11.1. The number of hydrogen-bond donors (Lipinski definition) is 0. The van der Waals surface area contributed by atoms with Crippen LogP contribution in [0.4, 0.5) is 4.39 Å². The molecule has 1 heteroatoms. The number of fused-ring (bicyclic) bond motifs is 1. The topological polar surface area (TPSA) is 0 Å². The van der Waals surface area contributed by atoms with E-state index in [-0.39, 0.29) is 5.82 Å². The van der Waals surface area contributed by atoms with Crippen LogP contribution < -0.4 is 0 Å². The fourth-order valence-corrected chi connectivity index (χ4v) is 4.82. The molecule has 0 N–H and O–H groups in total. The highest BCUT2D eigenvalue weighted by molar-refractivity contribution is 5.85. The van der Waals surface area contributed by atoms with Crippen LogP contribution in [0.15, 0.2) is 91.0 Å². The fourth-order valence-electron chi connectivity index (χ4n) is 4.82. The summed E-state index contributed by atoms with van der Waals surface area (Å²) in [5, 5.41) is 1.56. The molecule has 0 aliphatic heterocycles. The number of halogens is 1. The molecule has 0 unspecified atom stereocenters. The molecule has 0 bridgehead atoms. The smallest absolute Gasteiger partial charge is 0.146 e. The van der Waals surface area contributed by atoms with Gasteiger partial charge in [0.05, 0.1) is 5.56 Å². The minimum Gasteiger partial charge on any atom is -0.205 e. The van der Waals surface area contributed by atoms with Crippen molar-refractivity contribution >= 4 is 10.8 Å². The van der Waals surface area contributed by atoms with E-state index in [9.17, 15) is 0 Å². The van der Waals surface area contributed by atoms with Crippen LogP contribution in [-0.4, -0.2) is 0 Å². The Morgan fingerprint density at radius 1 is 0.658 bits per heavy atom. The van der Waals surface area contributed by atoms with Gasteiger partial charge in [0.1, 0.15) is 5.82 Å². The Bertz CT molecular complexity index is 1400. The summed E-state index contributed by atoms with van der Waals surface area (Å²) >= 11 is 0. The fraction of sp³-hybridized carbons (Fsp3) is 0.297. The molecule has 0 fully saturated rings. The van der Waals surface area contributed by atoms with Crippen molar-refractivity contribution in [3.05, 3.63) is 130 Å². The molecule has 0 aliphatic carbocycles. The summed E-state index contributed by atoms with van der Waals surface area (Å²) in [6, 6.07) is 27.2. The zero-order chi connectivity index (χ0) is 26.6. The highest BCUT2D eigenvalue weighted by Crippen LogP contribution is 2.23. The van der Waals surface area contributed by atoms with Crippen molar-refractivity contribution in [2.24, 2.45) is 0 Å². The molecule has 4 rings (SSSR count). The Hall–Kier alpha value is -3.63. The van der Waals surface area contributed by atoms with Gasteiger partial charge in [0.2, 0.25) is 0 Å². The van der Waals surface area contributed by atoms with Crippen molar-refractivity contribution in [1.29, 1.82) is 0 Å². The number of allylic oxidation sites excluding steroid dienone is 2. The predicted molar refractivity (Wildman–Crippen MR) is 161 cm³/mol. The zero-order valence-electron chi connectivity index (χ0n) is 22.9. The first-order valence-electron chi connectivity index (χ1n) is 14.2. The van der Waals surface area contributed by atoms with Crippen molar-refractivity contribution in [3.63, 3.8) is 0 Å². The summed E-state index contributed by atoms with van der Waals surface area (Å²) < 4.78 is 15.3. The number of rotatable bonds is 11. The van der Waals surface area contributed by atoms with E-state index in [2.05, 4.69) is 80.3 Å². The van der Waals surface area contributed by atoms with E-state index < -0.39 is 0 Å². The Balaban J connectivity index is 1.37. The average Bonchev–Trinajstić information content (AvgIpc) is 2.95. The number of hydrogen-bond acceptors (Lipinski definition) is 0. The highest BCUT2D eigenvalue weighted by Gasteiger charge is 2.07. The summed E-state index contributed by atoms with van der Waals surface area (Å²) in [5.41, 5.74) is 6.65. The molecule has 0 radical (unpaired) electrons. The number of unbranched alkanes of at least 4 members (excludes halogenated alkanes) is 3. The Morgan fingerprint density at radius 3 is 2.05 bits per heavy atom. The van der Waals surface area contributed by atoms with Gasteiger partial charge in [0, 0.05) is 10.9 Å². The monoisotopic (exact) mass is 502 g/mol. The molecule has 0 saturated heterocycles. The number of benzene rings is 4. The van der Waals surface area contributed by atoms with Crippen LogP contribution in [0.5, 0.6) is 0 Å². The molecule has 0 aliphatic rings. The minimum atomic E-state index is -0.234. The Labute approximate surface area is 228 Å². The molecule has 0 atom stereocenters. The van der Waals surface area contributed by atoms with Crippen LogP contribution in [0.3, 0.4) is 0 Å². The van der Waals surface area contributed by atoms with Gasteiger partial charge in [-0.2, -0.15) is 0 Å². The maximum Gasteiger partial charge on any atom is 0.146 e. The standard InChI is InChI=1S/C37H39F/c1-3-5-7-9-11-30-14-18-32(19-15-30)22-24-34-25-26-35-28-33(23-27-36(35)37(34)38)21-20-31-16-12-29(13-17-31)10-8-6-4-2/h4,6,12-19,23,25-28H,3,5,7-11,20-21H2,1-2H3/b6-4+. The van der Waals surface area contributed by atoms with E-state index in [4.69, 9.17) is 0 Å². The van der Waals surface area contributed by atoms with E-state index in [0.29, 0.717) is 10.9 Å². The average molecular weight is 503 g/mol. The molecule has 38 heavy (non-hydrogen) atoms. The van der Waals surface area contributed by atoms with Crippen LogP contribution in [0.1, 0.15) is 79.3 Å². The second-order valence-corrected chi connectivity index (χ2v) is 10.2. The Kier molecular flexibility index (Phi) is 10.3. The van der Waals surface area contributed by atoms with Gasteiger partial charge in [-0.1, -0.05) is 111 Å². The lowest BCUT2D eigenvalue weighted by molar-refractivity contribution is 0.636. The molecule has 4 aromatic rings. The van der Waals surface area contributed by atoms with E-state index in [0.717, 1.165) is 43.1 Å². The third-order valence-corrected chi connectivity index (χ3v) is 7.19. The third-order valence-electron chi connectivity index (χ3n) is 7.19. The highest BCUT2D eigenvalue weighted by atomic mass is 19.1. The minimum absolute atomic E-state index is 0.234. The van der Waals surface area contributed by atoms with Crippen molar-refractivity contribution in [2.75, 3.05) is 0 Å². The molecule has 0 spiro atoms. The summed E-state index contributed by atoms with van der Waals surface area (Å²) in [6.07, 6.45) is 14.6. The molecular formula is C37H39F. The second kappa shape index (κ2) is 14.3. The van der Waals surface area contributed by atoms with Gasteiger partial charge in [-0.25, -0.2) is 4.39 Å². The summed E-state index contributed by atoms with van der Waals surface area (Å²) in [7, 11) is 0. The van der Waals surface area contributed by atoms with Crippen LogP contribution in [0.25, 0.3) is 10.8 Å². The SMILES string of the molecule is C/C=C/CCc1ccc(CCc2ccc3c(F)c(C#Cc4ccc(CCCCCC)cc4)ccc3c2)cc1. The summed E-state index contributed by atoms with van der Waals surface area (Å²) in [6.45, 7) is 4.30. The Morgan fingerprint density at radius 2 is 1.32 bits per heavy atom. The first-order valence-corrected chi connectivity index (χ1v) is 14.2. The maximum absolute atomic E-state index is 15.3. The molecule has 194 valence electrons. The van der Waals surface area contributed by atoms with Crippen molar-refractivity contribution in [2.45, 2.75) is 71.6 Å². The molecule has 0 saturated carbocycles. The van der Waals surface area contributed by atoms with Gasteiger partial charge in [-0.05, 0) is 91.3 Å². The lowest BCUT2D eigenvalue weighted by Crippen LogP contribution is -1.94. The van der Waals surface area contributed by atoms with Crippen molar-refractivity contribution in [3.8, 4) is 11.8 Å². The van der Waals surface area contributed by atoms with E-state index in [1.165, 1.54) is 47.9 Å². The van der Waals surface area contributed by atoms with Gasteiger partial charge >= 0.3 is 0 Å². The zero-order valence-corrected chi connectivity index (χ0v) is 22.9. The first-order chi connectivity index (χ1) is 18.7. The lowest BCUT2D eigenvalue weighted by Gasteiger charge is -2.07. The van der Waals surface area contributed by atoms with Crippen molar-refractivity contribution in [1.82, 2.24) is 0 Å². The number of aryl methyl sites for hydroxylation is 4.